The molecule has 0 amide bonds. The van der Waals surface area contributed by atoms with Crippen molar-refractivity contribution in [2.75, 3.05) is 26.2 Å². The van der Waals surface area contributed by atoms with Crippen LogP contribution in [0.25, 0.3) is 0 Å². The van der Waals surface area contributed by atoms with Crippen LogP contribution in [0.4, 0.5) is 4.39 Å². The second-order valence-corrected chi connectivity index (χ2v) is 5.55. The van der Waals surface area contributed by atoms with Gasteiger partial charge >= 0.3 is 0 Å². The van der Waals surface area contributed by atoms with Crippen LogP contribution in [-0.4, -0.2) is 31.1 Å². The summed E-state index contributed by atoms with van der Waals surface area (Å²) in [5.41, 5.74) is 0.824. The Morgan fingerprint density at radius 2 is 2.21 bits per heavy atom. The first-order valence-electron chi connectivity index (χ1n) is 7.41. The zero-order chi connectivity index (χ0) is 13.7. The molecule has 1 fully saturated rings. The molecule has 1 aliphatic rings. The van der Waals surface area contributed by atoms with Crippen LogP contribution in [0.2, 0.25) is 0 Å². The van der Waals surface area contributed by atoms with Gasteiger partial charge in [0.05, 0.1) is 0 Å². The third-order valence-electron chi connectivity index (χ3n) is 4.08. The maximum atomic E-state index is 13.8. The Labute approximate surface area is 116 Å². The van der Waals surface area contributed by atoms with E-state index in [0.717, 1.165) is 31.7 Å². The Morgan fingerprint density at radius 3 is 2.95 bits per heavy atom. The molecule has 19 heavy (non-hydrogen) atoms. The van der Waals surface area contributed by atoms with E-state index in [-0.39, 0.29) is 11.9 Å². The van der Waals surface area contributed by atoms with Gasteiger partial charge in [-0.05, 0) is 51.4 Å². The average Bonchev–Trinajstić information content (AvgIpc) is 2.88. The summed E-state index contributed by atoms with van der Waals surface area (Å²) < 4.78 is 13.8. The summed E-state index contributed by atoms with van der Waals surface area (Å²) in [7, 11) is 0. The average molecular weight is 264 g/mol. The van der Waals surface area contributed by atoms with Crippen molar-refractivity contribution in [1.82, 2.24) is 10.2 Å². The maximum absolute atomic E-state index is 13.8. The van der Waals surface area contributed by atoms with Gasteiger partial charge in [0.1, 0.15) is 5.82 Å². The Bertz CT molecular complexity index is 394. The molecule has 1 aromatic rings. The van der Waals surface area contributed by atoms with E-state index in [1.54, 1.807) is 12.1 Å². The lowest BCUT2D eigenvalue weighted by atomic mass is 10.1. The van der Waals surface area contributed by atoms with Crippen molar-refractivity contribution in [1.29, 1.82) is 0 Å². The number of hydrogen-bond donors (Lipinski definition) is 1. The van der Waals surface area contributed by atoms with Crippen molar-refractivity contribution < 1.29 is 4.39 Å². The van der Waals surface area contributed by atoms with E-state index in [0.29, 0.717) is 5.92 Å². The molecular formula is C16H25FN2. The molecule has 0 aromatic heterocycles. The summed E-state index contributed by atoms with van der Waals surface area (Å²) in [6.45, 7) is 8.64. The van der Waals surface area contributed by atoms with Crippen LogP contribution in [0.15, 0.2) is 24.3 Å². The molecular weight excluding hydrogens is 239 g/mol. The molecule has 0 bridgehead atoms. The number of likely N-dealkylation sites (tertiary alicyclic amines) is 1. The largest absolute Gasteiger partial charge is 0.316 e. The van der Waals surface area contributed by atoms with Gasteiger partial charge in [0.15, 0.2) is 0 Å². The molecule has 2 rings (SSSR count). The summed E-state index contributed by atoms with van der Waals surface area (Å²) in [6, 6.07) is 7.32. The third kappa shape index (κ3) is 3.77. The molecule has 1 aromatic carbocycles. The van der Waals surface area contributed by atoms with Crippen molar-refractivity contribution in [3.05, 3.63) is 35.6 Å². The number of rotatable bonds is 6. The molecule has 3 heteroatoms. The number of halogens is 1. The quantitative estimate of drug-likeness (QED) is 0.794. The van der Waals surface area contributed by atoms with Gasteiger partial charge in [-0.25, -0.2) is 4.39 Å². The SMILES string of the molecule is CCCNCC1CCN(C(C)c2ccccc2F)C1. The summed E-state index contributed by atoms with van der Waals surface area (Å²) in [5, 5.41) is 3.49. The van der Waals surface area contributed by atoms with Gasteiger partial charge in [-0.2, -0.15) is 0 Å². The highest BCUT2D eigenvalue weighted by atomic mass is 19.1. The van der Waals surface area contributed by atoms with Gasteiger partial charge in [-0.15, -0.1) is 0 Å². The van der Waals surface area contributed by atoms with E-state index < -0.39 is 0 Å². The van der Waals surface area contributed by atoms with Crippen LogP contribution >= 0.6 is 0 Å². The molecule has 1 saturated heterocycles. The summed E-state index contributed by atoms with van der Waals surface area (Å²) in [6.07, 6.45) is 2.40. The first-order chi connectivity index (χ1) is 9.22. The topological polar surface area (TPSA) is 15.3 Å². The minimum absolute atomic E-state index is 0.0810. The van der Waals surface area contributed by atoms with Crippen molar-refractivity contribution in [2.24, 2.45) is 5.92 Å². The van der Waals surface area contributed by atoms with Crippen molar-refractivity contribution >= 4 is 0 Å². The van der Waals surface area contributed by atoms with E-state index in [4.69, 9.17) is 0 Å². The van der Waals surface area contributed by atoms with Gasteiger partial charge in [0.25, 0.3) is 0 Å². The second-order valence-electron chi connectivity index (χ2n) is 5.55. The fourth-order valence-electron chi connectivity index (χ4n) is 2.87. The zero-order valence-corrected chi connectivity index (χ0v) is 12.0. The van der Waals surface area contributed by atoms with Crippen molar-refractivity contribution in [3.63, 3.8) is 0 Å². The molecule has 2 unspecified atom stereocenters. The van der Waals surface area contributed by atoms with E-state index >= 15 is 0 Å². The number of nitrogens with one attached hydrogen (secondary N) is 1. The van der Waals surface area contributed by atoms with Gasteiger partial charge < -0.3 is 5.32 Å². The lowest BCUT2D eigenvalue weighted by molar-refractivity contribution is 0.246. The number of benzene rings is 1. The Morgan fingerprint density at radius 1 is 1.42 bits per heavy atom. The fourth-order valence-corrected chi connectivity index (χ4v) is 2.87. The monoisotopic (exact) mass is 264 g/mol. The summed E-state index contributed by atoms with van der Waals surface area (Å²) in [4.78, 5) is 2.40. The van der Waals surface area contributed by atoms with E-state index in [9.17, 15) is 4.39 Å². The van der Waals surface area contributed by atoms with Gasteiger partial charge in [0, 0.05) is 18.2 Å². The Hall–Kier alpha value is -0.930. The van der Waals surface area contributed by atoms with Crippen molar-refractivity contribution in [2.45, 2.75) is 32.7 Å². The van der Waals surface area contributed by atoms with Crippen LogP contribution in [0.5, 0.6) is 0 Å². The van der Waals surface area contributed by atoms with Gasteiger partial charge in [-0.1, -0.05) is 25.1 Å². The summed E-state index contributed by atoms with van der Waals surface area (Å²) in [5.74, 6) is 0.628. The molecule has 1 aliphatic heterocycles. The first-order valence-corrected chi connectivity index (χ1v) is 7.41. The highest BCUT2D eigenvalue weighted by Gasteiger charge is 2.27. The molecule has 0 saturated carbocycles. The summed E-state index contributed by atoms with van der Waals surface area (Å²) >= 11 is 0. The van der Waals surface area contributed by atoms with Crippen molar-refractivity contribution in [3.8, 4) is 0 Å². The fraction of sp³-hybridized carbons (Fsp3) is 0.625. The van der Waals surface area contributed by atoms with Gasteiger partial charge in [0.2, 0.25) is 0 Å². The number of hydrogen-bond acceptors (Lipinski definition) is 2. The minimum Gasteiger partial charge on any atom is -0.316 e. The van der Waals surface area contributed by atoms with Crippen LogP contribution in [-0.2, 0) is 0 Å². The standard InChI is InChI=1S/C16H25FN2/c1-3-9-18-11-14-8-10-19(12-14)13(2)15-6-4-5-7-16(15)17/h4-7,13-14,18H,3,8-12H2,1-2H3. The van der Waals surface area contributed by atoms with E-state index in [1.165, 1.54) is 12.8 Å². The molecule has 0 spiro atoms. The smallest absolute Gasteiger partial charge is 0.127 e. The highest BCUT2D eigenvalue weighted by molar-refractivity contribution is 5.21. The highest BCUT2D eigenvalue weighted by Crippen LogP contribution is 2.28. The van der Waals surface area contributed by atoms with Crippen LogP contribution in [0, 0.1) is 11.7 Å². The lowest BCUT2D eigenvalue weighted by Gasteiger charge is -2.25. The molecule has 2 atom stereocenters. The molecule has 0 aliphatic carbocycles. The Kier molecular flexibility index (Phi) is 5.34. The molecule has 2 nitrogen and oxygen atoms in total. The lowest BCUT2D eigenvalue weighted by Crippen LogP contribution is -2.28. The number of nitrogens with zero attached hydrogens (tertiary/aromatic N) is 1. The molecule has 0 radical (unpaired) electrons. The van der Waals surface area contributed by atoms with Crippen LogP contribution < -0.4 is 5.32 Å². The second kappa shape index (κ2) is 7.01. The predicted octanol–water partition coefficient (Wildman–Crippen LogP) is 3.21. The molecule has 106 valence electrons. The minimum atomic E-state index is -0.0810. The third-order valence-corrected chi connectivity index (χ3v) is 4.08. The molecule has 1 N–H and O–H groups in total. The van der Waals surface area contributed by atoms with Crippen LogP contribution in [0.1, 0.15) is 38.3 Å². The molecule has 1 heterocycles. The maximum Gasteiger partial charge on any atom is 0.127 e. The van der Waals surface area contributed by atoms with E-state index in [1.807, 2.05) is 12.1 Å². The van der Waals surface area contributed by atoms with Gasteiger partial charge in [-0.3, -0.25) is 4.90 Å². The van der Waals surface area contributed by atoms with E-state index in [2.05, 4.69) is 24.1 Å². The Balaban J connectivity index is 1.88. The normalized spacial score (nSPS) is 21.7. The predicted molar refractivity (Wildman–Crippen MR) is 77.7 cm³/mol. The zero-order valence-electron chi connectivity index (χ0n) is 12.0. The first kappa shape index (κ1) is 14.5. The van der Waals surface area contributed by atoms with Crippen LogP contribution in [0.3, 0.4) is 0 Å².